The van der Waals surface area contributed by atoms with Crippen LogP contribution < -0.4 is 10.0 Å². The van der Waals surface area contributed by atoms with Gasteiger partial charge in [-0.3, -0.25) is 0 Å². The van der Waals surface area contributed by atoms with Crippen molar-refractivity contribution in [1.29, 1.82) is 0 Å². The molecule has 0 aliphatic rings. The van der Waals surface area contributed by atoms with Gasteiger partial charge in [-0.05, 0) is 43.0 Å². The normalized spacial score (nSPS) is 13.3. The summed E-state index contributed by atoms with van der Waals surface area (Å²) in [6.07, 6.45) is 2.82. The zero-order chi connectivity index (χ0) is 15.9. The van der Waals surface area contributed by atoms with Gasteiger partial charge < -0.3 is 5.32 Å². The van der Waals surface area contributed by atoms with Gasteiger partial charge >= 0.3 is 0 Å². The number of hydrogen-bond acceptors (Lipinski definition) is 4. The Balaban J connectivity index is 2.78. The van der Waals surface area contributed by atoms with Crippen molar-refractivity contribution in [3.8, 4) is 0 Å². The second kappa shape index (κ2) is 9.00. The average molecular weight is 351 g/mol. The molecule has 1 aromatic carbocycles. The fourth-order valence-corrected chi connectivity index (χ4v) is 3.35. The van der Waals surface area contributed by atoms with Crippen LogP contribution in [0.1, 0.15) is 25.8 Å². The summed E-state index contributed by atoms with van der Waals surface area (Å²) in [5.41, 5.74) is 0.791. The van der Waals surface area contributed by atoms with Gasteiger partial charge in [0, 0.05) is 23.4 Å². The molecular weight excluding hydrogens is 328 g/mol. The number of rotatable bonds is 9. The molecule has 120 valence electrons. The highest BCUT2D eigenvalue weighted by Gasteiger charge is 2.15. The second-order valence-corrected chi connectivity index (χ2v) is 8.22. The summed E-state index contributed by atoms with van der Waals surface area (Å²) in [7, 11) is -3.47. The molecule has 1 unspecified atom stereocenters. The largest absolute Gasteiger partial charge is 0.313 e. The van der Waals surface area contributed by atoms with E-state index < -0.39 is 10.0 Å². The molecular formula is C14H23ClN2O2S2. The molecule has 1 atom stereocenters. The molecule has 0 aromatic heterocycles. The zero-order valence-electron chi connectivity index (χ0n) is 12.6. The van der Waals surface area contributed by atoms with E-state index in [4.69, 9.17) is 11.6 Å². The molecule has 0 spiro atoms. The molecule has 0 aliphatic heterocycles. The second-order valence-electron chi connectivity index (χ2n) is 4.77. The van der Waals surface area contributed by atoms with Gasteiger partial charge in [0.1, 0.15) is 0 Å². The predicted molar refractivity (Wildman–Crippen MR) is 91.6 cm³/mol. The first-order chi connectivity index (χ1) is 9.90. The maximum Gasteiger partial charge on any atom is 0.240 e. The number of hydrogen-bond donors (Lipinski definition) is 2. The van der Waals surface area contributed by atoms with Crippen molar-refractivity contribution in [3.05, 3.63) is 28.8 Å². The van der Waals surface area contributed by atoms with Crippen molar-refractivity contribution in [2.75, 3.05) is 19.3 Å². The Morgan fingerprint density at radius 2 is 2.10 bits per heavy atom. The summed E-state index contributed by atoms with van der Waals surface area (Å²) in [4.78, 5) is 0.261. The molecule has 0 saturated heterocycles. The minimum Gasteiger partial charge on any atom is -0.313 e. The molecule has 0 heterocycles. The van der Waals surface area contributed by atoms with E-state index >= 15 is 0 Å². The van der Waals surface area contributed by atoms with Crippen molar-refractivity contribution in [2.45, 2.75) is 37.0 Å². The van der Waals surface area contributed by atoms with E-state index in [9.17, 15) is 8.42 Å². The quantitative estimate of drug-likeness (QED) is 0.719. The van der Waals surface area contributed by atoms with Crippen molar-refractivity contribution in [2.24, 2.45) is 0 Å². The van der Waals surface area contributed by atoms with E-state index in [0.29, 0.717) is 23.4 Å². The Hall–Kier alpha value is -0.270. The SMILES string of the molecule is CCNCc1cc(S(=O)(=O)NCCC(C)SC)ccc1Cl. The Labute approximate surface area is 137 Å². The third-order valence-corrected chi connectivity index (χ3v) is 6.01. The minimum atomic E-state index is -3.47. The lowest BCUT2D eigenvalue weighted by atomic mass is 10.2. The van der Waals surface area contributed by atoms with Gasteiger partial charge in [-0.25, -0.2) is 13.1 Å². The molecule has 0 bridgehead atoms. The highest BCUT2D eigenvalue weighted by Crippen LogP contribution is 2.20. The van der Waals surface area contributed by atoms with E-state index in [-0.39, 0.29) is 4.90 Å². The summed E-state index contributed by atoms with van der Waals surface area (Å²) in [6.45, 7) is 5.87. The van der Waals surface area contributed by atoms with Crippen LogP contribution in [-0.2, 0) is 16.6 Å². The van der Waals surface area contributed by atoms with Crippen molar-refractivity contribution in [1.82, 2.24) is 10.0 Å². The van der Waals surface area contributed by atoms with E-state index in [0.717, 1.165) is 18.5 Å². The number of sulfonamides is 1. The summed E-state index contributed by atoms with van der Waals surface area (Å²) in [5, 5.41) is 4.15. The average Bonchev–Trinajstić information content (AvgIpc) is 2.45. The zero-order valence-corrected chi connectivity index (χ0v) is 15.0. The molecule has 1 rings (SSSR count). The number of nitrogens with one attached hydrogen (secondary N) is 2. The lowest BCUT2D eigenvalue weighted by Gasteiger charge is -2.12. The van der Waals surface area contributed by atoms with Gasteiger partial charge in [-0.15, -0.1) is 0 Å². The van der Waals surface area contributed by atoms with E-state index in [1.54, 1.807) is 23.9 Å². The maximum atomic E-state index is 12.3. The van der Waals surface area contributed by atoms with Crippen LogP contribution in [0.4, 0.5) is 0 Å². The minimum absolute atomic E-state index is 0.261. The van der Waals surface area contributed by atoms with Crippen molar-refractivity contribution >= 4 is 33.4 Å². The number of halogens is 1. The lowest BCUT2D eigenvalue weighted by molar-refractivity contribution is 0.578. The van der Waals surface area contributed by atoms with Crippen LogP contribution in [0.25, 0.3) is 0 Å². The van der Waals surface area contributed by atoms with E-state index in [1.165, 1.54) is 6.07 Å². The summed E-state index contributed by atoms with van der Waals surface area (Å²) in [5.74, 6) is 0. The van der Waals surface area contributed by atoms with Gasteiger partial charge in [-0.1, -0.05) is 25.4 Å². The smallest absolute Gasteiger partial charge is 0.240 e. The number of benzene rings is 1. The summed E-state index contributed by atoms with van der Waals surface area (Å²) >= 11 is 7.81. The third kappa shape index (κ3) is 6.16. The summed E-state index contributed by atoms with van der Waals surface area (Å²) < 4.78 is 27.2. The van der Waals surface area contributed by atoms with Crippen molar-refractivity contribution in [3.63, 3.8) is 0 Å². The molecule has 4 nitrogen and oxygen atoms in total. The van der Waals surface area contributed by atoms with Gasteiger partial charge in [0.05, 0.1) is 4.90 Å². The van der Waals surface area contributed by atoms with Crippen LogP contribution in [-0.4, -0.2) is 33.0 Å². The highest BCUT2D eigenvalue weighted by molar-refractivity contribution is 7.99. The first-order valence-electron chi connectivity index (χ1n) is 6.92. The van der Waals surface area contributed by atoms with Crippen LogP contribution in [0.15, 0.2) is 23.1 Å². The number of thioether (sulfide) groups is 1. The Morgan fingerprint density at radius 3 is 2.71 bits per heavy atom. The maximum absolute atomic E-state index is 12.3. The predicted octanol–water partition coefficient (Wildman–Crippen LogP) is 2.87. The van der Waals surface area contributed by atoms with E-state index in [2.05, 4.69) is 17.0 Å². The van der Waals surface area contributed by atoms with Crippen LogP contribution in [0.5, 0.6) is 0 Å². The van der Waals surface area contributed by atoms with Gasteiger partial charge in [0.15, 0.2) is 0 Å². The Bertz CT molecular complexity index is 550. The highest BCUT2D eigenvalue weighted by atomic mass is 35.5. The van der Waals surface area contributed by atoms with Gasteiger partial charge in [-0.2, -0.15) is 11.8 Å². The molecule has 7 heteroatoms. The molecule has 0 saturated carbocycles. The first-order valence-corrected chi connectivity index (χ1v) is 10.1. The molecule has 0 aliphatic carbocycles. The Morgan fingerprint density at radius 1 is 1.38 bits per heavy atom. The van der Waals surface area contributed by atoms with E-state index in [1.807, 2.05) is 13.2 Å². The fourth-order valence-electron chi connectivity index (χ4n) is 1.71. The van der Waals surface area contributed by atoms with Crippen LogP contribution in [0.2, 0.25) is 5.02 Å². The lowest BCUT2D eigenvalue weighted by Crippen LogP contribution is -2.26. The van der Waals surface area contributed by atoms with Crippen LogP contribution in [0, 0.1) is 0 Å². The van der Waals surface area contributed by atoms with Crippen molar-refractivity contribution < 1.29 is 8.42 Å². The third-order valence-electron chi connectivity index (χ3n) is 3.14. The van der Waals surface area contributed by atoms with Gasteiger partial charge in [0.25, 0.3) is 0 Å². The molecule has 0 radical (unpaired) electrons. The Kier molecular flexibility index (Phi) is 8.05. The molecule has 2 N–H and O–H groups in total. The fraction of sp³-hybridized carbons (Fsp3) is 0.571. The molecule has 21 heavy (non-hydrogen) atoms. The molecule has 0 fully saturated rings. The summed E-state index contributed by atoms with van der Waals surface area (Å²) in [6, 6.07) is 4.80. The van der Waals surface area contributed by atoms with Crippen LogP contribution >= 0.6 is 23.4 Å². The van der Waals surface area contributed by atoms with Crippen LogP contribution in [0.3, 0.4) is 0 Å². The molecule has 0 amide bonds. The topological polar surface area (TPSA) is 58.2 Å². The standard InChI is InChI=1S/C14H23ClN2O2S2/c1-4-16-10-12-9-13(5-6-14(12)15)21(18,19)17-8-7-11(2)20-3/h5-6,9,11,16-17H,4,7-8,10H2,1-3H3. The first kappa shape index (κ1) is 18.8. The monoisotopic (exact) mass is 350 g/mol. The molecule has 1 aromatic rings. The van der Waals surface area contributed by atoms with Gasteiger partial charge in [0.2, 0.25) is 10.0 Å².